The van der Waals surface area contributed by atoms with E-state index in [2.05, 4.69) is 0 Å². The maximum Gasteiger partial charge on any atom is 0.250 e. The van der Waals surface area contributed by atoms with Crippen LogP contribution in [0.1, 0.15) is 46.6 Å². The smallest absolute Gasteiger partial charge is 0.250 e. The number of pyridine rings is 1. The first-order valence-electron chi connectivity index (χ1n) is 8.60. The number of hydrogen-bond donors (Lipinski definition) is 0. The summed E-state index contributed by atoms with van der Waals surface area (Å²) >= 11 is 0. The Labute approximate surface area is 151 Å². The molecule has 0 aliphatic rings. The Morgan fingerprint density at radius 3 is 2.46 bits per heavy atom. The lowest BCUT2D eigenvalue weighted by atomic mass is 9.98. The number of alkyl halides is 1. The van der Waals surface area contributed by atoms with Gasteiger partial charge in [-0.3, -0.25) is 9.59 Å². The molecule has 0 radical (unpaired) electrons. The van der Waals surface area contributed by atoms with Gasteiger partial charge in [-0.1, -0.05) is 55.5 Å². The summed E-state index contributed by atoms with van der Waals surface area (Å²) in [6.07, 6.45) is 0.825. The molecule has 1 unspecified atom stereocenters. The number of ketones is 1. The van der Waals surface area contributed by atoms with Crippen LogP contribution in [0.2, 0.25) is 0 Å². The Bertz CT molecular complexity index is 960. The van der Waals surface area contributed by atoms with Crippen molar-refractivity contribution < 1.29 is 9.18 Å². The SMILES string of the molecule is CCC(=O)c1cccc(C(F)c2ccc(Cn3ccccc3=O)cc2)c1. The first-order chi connectivity index (χ1) is 12.6. The van der Waals surface area contributed by atoms with E-state index in [1.54, 1.807) is 66.2 Å². The Morgan fingerprint density at radius 1 is 1.00 bits per heavy atom. The van der Waals surface area contributed by atoms with Gasteiger partial charge in [-0.2, -0.15) is 0 Å². The van der Waals surface area contributed by atoms with Gasteiger partial charge in [0.25, 0.3) is 5.56 Å². The molecule has 0 bridgehead atoms. The van der Waals surface area contributed by atoms with Crippen LogP contribution in [-0.4, -0.2) is 10.4 Å². The number of benzene rings is 2. The van der Waals surface area contributed by atoms with Crippen molar-refractivity contribution in [3.63, 3.8) is 0 Å². The first-order valence-corrected chi connectivity index (χ1v) is 8.60. The molecule has 0 aliphatic heterocycles. The Balaban J connectivity index is 1.79. The van der Waals surface area contributed by atoms with Gasteiger partial charge in [-0.25, -0.2) is 4.39 Å². The first kappa shape index (κ1) is 17.8. The van der Waals surface area contributed by atoms with E-state index in [0.29, 0.717) is 29.7 Å². The summed E-state index contributed by atoms with van der Waals surface area (Å²) in [5.41, 5.74) is 2.38. The van der Waals surface area contributed by atoms with Crippen LogP contribution in [0.5, 0.6) is 0 Å². The summed E-state index contributed by atoms with van der Waals surface area (Å²) in [4.78, 5) is 23.6. The highest BCUT2D eigenvalue weighted by Gasteiger charge is 2.14. The normalized spacial score (nSPS) is 11.9. The molecule has 0 saturated heterocycles. The van der Waals surface area contributed by atoms with Gasteiger partial charge in [-0.15, -0.1) is 0 Å². The van der Waals surface area contributed by atoms with E-state index >= 15 is 0 Å². The predicted molar refractivity (Wildman–Crippen MR) is 100 cm³/mol. The van der Waals surface area contributed by atoms with Gasteiger partial charge >= 0.3 is 0 Å². The van der Waals surface area contributed by atoms with Crippen LogP contribution in [0.15, 0.2) is 77.7 Å². The van der Waals surface area contributed by atoms with Gasteiger partial charge in [0, 0.05) is 24.2 Å². The van der Waals surface area contributed by atoms with Crippen LogP contribution in [0.4, 0.5) is 4.39 Å². The zero-order valence-electron chi connectivity index (χ0n) is 14.6. The van der Waals surface area contributed by atoms with Gasteiger partial charge in [-0.05, 0) is 28.8 Å². The standard InChI is InChI=1S/C22H20FNO2/c1-2-20(25)18-6-5-7-19(14-18)22(23)17-11-9-16(10-12-17)15-24-13-4-3-8-21(24)26/h3-14,22H,2,15H2,1H3. The number of halogens is 1. The molecular formula is C22H20FNO2. The van der Waals surface area contributed by atoms with Gasteiger partial charge in [0.05, 0.1) is 6.54 Å². The second kappa shape index (κ2) is 7.91. The molecule has 1 aromatic heterocycles. The van der Waals surface area contributed by atoms with Crippen molar-refractivity contribution in [2.24, 2.45) is 0 Å². The molecule has 3 rings (SSSR count). The zero-order chi connectivity index (χ0) is 18.5. The van der Waals surface area contributed by atoms with Crippen molar-refractivity contribution in [2.75, 3.05) is 0 Å². The number of hydrogen-bond acceptors (Lipinski definition) is 2. The molecule has 0 N–H and O–H groups in total. The second-order valence-electron chi connectivity index (χ2n) is 6.17. The quantitative estimate of drug-likeness (QED) is 0.613. The number of carbonyl (C=O) groups is 1. The number of nitrogens with zero attached hydrogens (tertiary/aromatic N) is 1. The summed E-state index contributed by atoms with van der Waals surface area (Å²) in [5.74, 6) is 0.00250. The van der Waals surface area contributed by atoms with Crippen molar-refractivity contribution in [1.82, 2.24) is 4.57 Å². The number of Topliss-reactive ketones (excluding diaryl/α,β-unsaturated/α-hetero) is 1. The molecule has 26 heavy (non-hydrogen) atoms. The Kier molecular flexibility index (Phi) is 5.42. The van der Waals surface area contributed by atoms with Crippen LogP contribution in [0.3, 0.4) is 0 Å². The molecule has 2 aromatic carbocycles. The summed E-state index contributed by atoms with van der Waals surface area (Å²) in [6, 6.07) is 18.8. The largest absolute Gasteiger partial charge is 0.311 e. The number of aromatic nitrogens is 1. The highest BCUT2D eigenvalue weighted by molar-refractivity contribution is 5.96. The number of rotatable bonds is 6. The fraction of sp³-hybridized carbons (Fsp3) is 0.182. The molecule has 1 heterocycles. The van der Waals surface area contributed by atoms with E-state index in [1.807, 2.05) is 12.1 Å². The van der Waals surface area contributed by atoms with Crippen molar-refractivity contribution in [3.05, 3.63) is 106 Å². The average molecular weight is 349 g/mol. The lowest BCUT2D eigenvalue weighted by Crippen LogP contribution is -2.18. The minimum absolute atomic E-state index is 0.00250. The average Bonchev–Trinajstić information content (AvgIpc) is 2.69. The third-order valence-electron chi connectivity index (χ3n) is 4.35. The lowest BCUT2D eigenvalue weighted by Gasteiger charge is -2.12. The maximum absolute atomic E-state index is 14.9. The number of carbonyl (C=O) groups excluding carboxylic acids is 1. The maximum atomic E-state index is 14.9. The van der Waals surface area contributed by atoms with E-state index in [1.165, 1.54) is 6.07 Å². The molecule has 0 saturated carbocycles. The van der Waals surface area contributed by atoms with E-state index < -0.39 is 6.17 Å². The monoisotopic (exact) mass is 349 g/mol. The van der Waals surface area contributed by atoms with Gasteiger partial charge in [0.2, 0.25) is 0 Å². The van der Waals surface area contributed by atoms with Crippen molar-refractivity contribution in [1.29, 1.82) is 0 Å². The molecule has 0 aliphatic carbocycles. The van der Waals surface area contributed by atoms with E-state index in [-0.39, 0.29) is 11.3 Å². The van der Waals surface area contributed by atoms with Crippen molar-refractivity contribution in [3.8, 4) is 0 Å². The van der Waals surface area contributed by atoms with E-state index in [9.17, 15) is 14.0 Å². The highest BCUT2D eigenvalue weighted by atomic mass is 19.1. The summed E-state index contributed by atoms with van der Waals surface area (Å²) in [6.45, 7) is 2.23. The lowest BCUT2D eigenvalue weighted by molar-refractivity contribution is 0.0988. The highest BCUT2D eigenvalue weighted by Crippen LogP contribution is 2.27. The fourth-order valence-corrected chi connectivity index (χ4v) is 2.85. The van der Waals surface area contributed by atoms with Gasteiger partial charge in [0.1, 0.15) is 0 Å². The third kappa shape index (κ3) is 3.97. The predicted octanol–water partition coefficient (Wildman–Crippen LogP) is 4.55. The second-order valence-corrected chi connectivity index (χ2v) is 6.17. The van der Waals surface area contributed by atoms with E-state index in [0.717, 1.165) is 5.56 Å². The molecule has 1 atom stereocenters. The van der Waals surface area contributed by atoms with Crippen LogP contribution in [0, 0.1) is 0 Å². The van der Waals surface area contributed by atoms with Crippen LogP contribution < -0.4 is 5.56 Å². The van der Waals surface area contributed by atoms with Crippen molar-refractivity contribution in [2.45, 2.75) is 26.1 Å². The van der Waals surface area contributed by atoms with Crippen LogP contribution in [0.25, 0.3) is 0 Å². The van der Waals surface area contributed by atoms with Crippen LogP contribution >= 0.6 is 0 Å². The minimum Gasteiger partial charge on any atom is -0.311 e. The van der Waals surface area contributed by atoms with Crippen LogP contribution in [-0.2, 0) is 6.54 Å². The summed E-state index contributed by atoms with van der Waals surface area (Å²) < 4.78 is 16.5. The third-order valence-corrected chi connectivity index (χ3v) is 4.35. The molecule has 3 nitrogen and oxygen atoms in total. The van der Waals surface area contributed by atoms with Gasteiger partial charge < -0.3 is 4.57 Å². The molecule has 0 spiro atoms. The molecule has 4 heteroatoms. The summed E-state index contributed by atoms with van der Waals surface area (Å²) in [7, 11) is 0. The Hall–Kier alpha value is -3.01. The van der Waals surface area contributed by atoms with E-state index in [4.69, 9.17) is 0 Å². The minimum atomic E-state index is -1.30. The fourth-order valence-electron chi connectivity index (χ4n) is 2.85. The molecule has 3 aromatic rings. The molecule has 0 fully saturated rings. The van der Waals surface area contributed by atoms with Gasteiger partial charge in [0.15, 0.2) is 12.0 Å². The molecule has 0 amide bonds. The van der Waals surface area contributed by atoms with Crippen molar-refractivity contribution >= 4 is 5.78 Å². The molecular weight excluding hydrogens is 329 g/mol. The Morgan fingerprint density at radius 2 is 1.77 bits per heavy atom. The molecule has 132 valence electrons. The topological polar surface area (TPSA) is 39.1 Å². The zero-order valence-corrected chi connectivity index (χ0v) is 14.6. The summed E-state index contributed by atoms with van der Waals surface area (Å²) in [5, 5.41) is 0.